The molecule has 142 valence electrons. The molecule has 0 aromatic heterocycles. The van der Waals surface area contributed by atoms with E-state index in [1.54, 1.807) is 24.3 Å². The quantitative estimate of drug-likeness (QED) is 0.668. The molecule has 0 saturated heterocycles. The zero-order chi connectivity index (χ0) is 20.0. The van der Waals surface area contributed by atoms with E-state index in [9.17, 15) is 19.5 Å². The number of rotatable bonds is 8. The molecule has 1 atom stereocenters. The summed E-state index contributed by atoms with van der Waals surface area (Å²) >= 11 is 3.32. The summed E-state index contributed by atoms with van der Waals surface area (Å²) in [4.78, 5) is 37.3. The van der Waals surface area contributed by atoms with Gasteiger partial charge in [0.2, 0.25) is 5.91 Å². The number of aliphatic carboxylic acids is 1. The molecule has 0 saturated carbocycles. The molecule has 2 amide bonds. The maximum Gasteiger partial charge on any atom is 0.326 e. The lowest BCUT2D eigenvalue weighted by atomic mass is 10.0. The second-order valence-corrected chi connectivity index (χ2v) is 7.20. The molecule has 0 bridgehead atoms. The van der Waals surface area contributed by atoms with Crippen LogP contribution < -0.4 is 5.73 Å². The van der Waals surface area contributed by atoms with Gasteiger partial charge in [-0.2, -0.15) is 0 Å². The van der Waals surface area contributed by atoms with Crippen LogP contribution in [-0.2, 0) is 16.1 Å². The fraction of sp³-hybridized carbons (Fsp3) is 0.250. The van der Waals surface area contributed by atoms with E-state index in [-0.39, 0.29) is 19.4 Å². The highest BCUT2D eigenvalue weighted by Crippen LogP contribution is 2.19. The molecule has 7 heteroatoms. The molecule has 0 radical (unpaired) electrons. The van der Waals surface area contributed by atoms with Crippen LogP contribution >= 0.6 is 15.9 Å². The van der Waals surface area contributed by atoms with Crippen molar-refractivity contribution in [2.24, 2.45) is 5.73 Å². The van der Waals surface area contributed by atoms with Crippen molar-refractivity contribution in [1.29, 1.82) is 0 Å². The lowest BCUT2D eigenvalue weighted by molar-refractivity contribution is -0.143. The molecule has 2 aromatic carbocycles. The number of nitrogens with zero attached hydrogens (tertiary/aromatic N) is 1. The number of halogens is 1. The number of amides is 2. The Hall–Kier alpha value is -2.67. The van der Waals surface area contributed by atoms with E-state index in [4.69, 9.17) is 5.73 Å². The number of hydrogen-bond donors (Lipinski definition) is 2. The minimum absolute atomic E-state index is 0.0429. The Labute approximate surface area is 166 Å². The molecule has 2 rings (SSSR count). The zero-order valence-corrected chi connectivity index (χ0v) is 16.5. The van der Waals surface area contributed by atoms with Gasteiger partial charge >= 0.3 is 5.97 Å². The number of carbonyl (C=O) groups excluding carboxylic acids is 2. The first-order chi connectivity index (χ1) is 12.8. The van der Waals surface area contributed by atoms with Gasteiger partial charge in [0, 0.05) is 23.0 Å². The van der Waals surface area contributed by atoms with E-state index in [1.165, 1.54) is 4.90 Å². The monoisotopic (exact) mass is 432 g/mol. The number of hydrogen-bond acceptors (Lipinski definition) is 3. The standard InChI is InChI=1S/C20H21BrN2O4/c1-13-3-2-4-14(11-13)12-23(17(20(26)27)9-10-18(22)24)19(25)15-5-7-16(21)8-6-15/h2-8,11,17H,9-10,12H2,1H3,(H2,22,24)(H,26,27)/t17-/m0/s1. The van der Waals surface area contributed by atoms with Crippen molar-refractivity contribution in [1.82, 2.24) is 4.90 Å². The van der Waals surface area contributed by atoms with Gasteiger partial charge < -0.3 is 15.7 Å². The summed E-state index contributed by atoms with van der Waals surface area (Å²) in [5.41, 5.74) is 7.37. The van der Waals surface area contributed by atoms with Gasteiger partial charge in [0.15, 0.2) is 0 Å². The summed E-state index contributed by atoms with van der Waals surface area (Å²) in [5.74, 6) is -2.19. The zero-order valence-electron chi connectivity index (χ0n) is 14.9. The molecule has 0 aliphatic rings. The third kappa shape index (κ3) is 5.92. The van der Waals surface area contributed by atoms with Crippen molar-refractivity contribution in [3.8, 4) is 0 Å². The summed E-state index contributed by atoms with van der Waals surface area (Å²) in [6, 6.07) is 13.0. The average molecular weight is 433 g/mol. The Kier molecular flexibility index (Phi) is 7.12. The largest absolute Gasteiger partial charge is 0.480 e. The first kappa shape index (κ1) is 20.6. The van der Waals surface area contributed by atoms with Crippen molar-refractivity contribution in [3.63, 3.8) is 0 Å². The van der Waals surface area contributed by atoms with E-state index in [0.29, 0.717) is 5.56 Å². The van der Waals surface area contributed by atoms with Crippen LogP contribution in [0.1, 0.15) is 34.3 Å². The van der Waals surface area contributed by atoms with Crippen molar-refractivity contribution < 1.29 is 19.5 Å². The van der Waals surface area contributed by atoms with Crippen LogP contribution in [0.5, 0.6) is 0 Å². The van der Waals surface area contributed by atoms with E-state index in [0.717, 1.165) is 15.6 Å². The summed E-state index contributed by atoms with van der Waals surface area (Å²) in [6.07, 6.45) is -0.159. The van der Waals surface area contributed by atoms with E-state index in [1.807, 2.05) is 31.2 Å². The third-order valence-electron chi connectivity index (χ3n) is 4.11. The second kappa shape index (κ2) is 9.32. The lowest BCUT2D eigenvalue weighted by Crippen LogP contribution is -2.45. The van der Waals surface area contributed by atoms with Crippen LogP contribution in [0.2, 0.25) is 0 Å². The van der Waals surface area contributed by atoms with Crippen molar-refractivity contribution in [3.05, 3.63) is 69.7 Å². The predicted molar refractivity (Wildman–Crippen MR) is 105 cm³/mol. The molecule has 6 nitrogen and oxygen atoms in total. The van der Waals surface area contributed by atoms with Gasteiger partial charge in [-0.15, -0.1) is 0 Å². The van der Waals surface area contributed by atoms with Crippen LogP contribution in [0.3, 0.4) is 0 Å². The average Bonchev–Trinajstić information content (AvgIpc) is 2.60. The number of carboxylic acids is 1. The molecular formula is C20H21BrN2O4. The fourth-order valence-electron chi connectivity index (χ4n) is 2.78. The highest BCUT2D eigenvalue weighted by atomic mass is 79.9. The van der Waals surface area contributed by atoms with Crippen LogP contribution in [-0.4, -0.2) is 33.8 Å². The SMILES string of the molecule is Cc1cccc(CN(C(=O)c2ccc(Br)cc2)[C@@H](CCC(N)=O)C(=O)O)c1. The number of aryl methyl sites for hydroxylation is 1. The van der Waals surface area contributed by atoms with Gasteiger partial charge in [-0.05, 0) is 43.2 Å². The van der Waals surface area contributed by atoms with Gasteiger partial charge in [-0.25, -0.2) is 4.79 Å². The van der Waals surface area contributed by atoms with Crippen LogP contribution in [0.4, 0.5) is 0 Å². The summed E-state index contributed by atoms with van der Waals surface area (Å²) in [5, 5.41) is 9.68. The Morgan fingerprint density at radius 3 is 2.37 bits per heavy atom. The predicted octanol–water partition coefficient (Wildman–Crippen LogP) is 3.12. The first-order valence-corrected chi connectivity index (χ1v) is 9.20. The molecule has 2 aromatic rings. The molecule has 0 aliphatic carbocycles. The topological polar surface area (TPSA) is 101 Å². The Morgan fingerprint density at radius 1 is 1.15 bits per heavy atom. The Bertz CT molecular complexity index is 836. The molecule has 0 heterocycles. The number of carboxylic acid groups (broad SMARTS) is 1. The number of carbonyl (C=O) groups is 3. The van der Waals surface area contributed by atoms with E-state index >= 15 is 0 Å². The number of benzene rings is 2. The van der Waals surface area contributed by atoms with Crippen LogP contribution in [0.25, 0.3) is 0 Å². The highest BCUT2D eigenvalue weighted by molar-refractivity contribution is 9.10. The molecule has 0 fully saturated rings. The highest BCUT2D eigenvalue weighted by Gasteiger charge is 2.30. The molecule has 0 unspecified atom stereocenters. The molecular weight excluding hydrogens is 412 g/mol. The van der Waals surface area contributed by atoms with Crippen molar-refractivity contribution >= 4 is 33.7 Å². The van der Waals surface area contributed by atoms with Gasteiger partial charge in [0.05, 0.1) is 0 Å². The van der Waals surface area contributed by atoms with E-state index in [2.05, 4.69) is 15.9 Å². The molecule has 27 heavy (non-hydrogen) atoms. The molecule has 0 aliphatic heterocycles. The van der Waals surface area contributed by atoms with Gasteiger partial charge in [-0.3, -0.25) is 9.59 Å². The fourth-order valence-corrected chi connectivity index (χ4v) is 3.04. The minimum atomic E-state index is -1.17. The smallest absolute Gasteiger partial charge is 0.326 e. The Balaban J connectivity index is 2.38. The van der Waals surface area contributed by atoms with Crippen LogP contribution in [0.15, 0.2) is 53.0 Å². The summed E-state index contributed by atoms with van der Waals surface area (Å²) in [6.45, 7) is 2.04. The Morgan fingerprint density at radius 2 is 1.81 bits per heavy atom. The normalized spacial score (nSPS) is 11.6. The molecule has 3 N–H and O–H groups in total. The maximum atomic E-state index is 13.1. The number of primary amides is 1. The van der Waals surface area contributed by atoms with Crippen molar-refractivity contribution in [2.75, 3.05) is 0 Å². The lowest BCUT2D eigenvalue weighted by Gasteiger charge is -2.29. The molecule has 0 spiro atoms. The van der Waals surface area contributed by atoms with Gasteiger partial charge in [0.1, 0.15) is 6.04 Å². The third-order valence-corrected chi connectivity index (χ3v) is 4.64. The first-order valence-electron chi connectivity index (χ1n) is 8.41. The van der Waals surface area contributed by atoms with Crippen LogP contribution in [0, 0.1) is 6.92 Å². The minimum Gasteiger partial charge on any atom is -0.480 e. The summed E-state index contributed by atoms with van der Waals surface area (Å²) in [7, 11) is 0. The number of nitrogens with two attached hydrogens (primary N) is 1. The van der Waals surface area contributed by atoms with E-state index < -0.39 is 23.8 Å². The van der Waals surface area contributed by atoms with Gasteiger partial charge in [-0.1, -0.05) is 45.8 Å². The van der Waals surface area contributed by atoms with Crippen molar-refractivity contribution in [2.45, 2.75) is 32.4 Å². The summed E-state index contributed by atoms with van der Waals surface area (Å²) < 4.78 is 0.813. The second-order valence-electron chi connectivity index (χ2n) is 6.29. The van der Waals surface area contributed by atoms with Gasteiger partial charge in [0.25, 0.3) is 5.91 Å². The maximum absolute atomic E-state index is 13.1.